The fraction of sp³-hybridized carbons (Fsp3) is 0.273. The summed E-state index contributed by atoms with van der Waals surface area (Å²) in [6, 6.07) is 2.84. The molecule has 0 aliphatic carbocycles. The van der Waals surface area contributed by atoms with E-state index in [9.17, 15) is 18.0 Å². The molecule has 1 saturated heterocycles. The lowest BCUT2D eigenvalue weighted by atomic mass is 10.2. The van der Waals surface area contributed by atoms with Crippen molar-refractivity contribution >= 4 is 50.9 Å². The van der Waals surface area contributed by atoms with Crippen molar-refractivity contribution < 1.29 is 18.0 Å². The minimum Gasteiger partial charge on any atom is -0.326 e. The molecule has 10 heteroatoms. The van der Waals surface area contributed by atoms with Crippen molar-refractivity contribution in [2.45, 2.75) is 12.5 Å². The van der Waals surface area contributed by atoms with Gasteiger partial charge in [-0.05, 0) is 24.6 Å². The van der Waals surface area contributed by atoms with E-state index in [1.54, 1.807) is 0 Å². The largest absolute Gasteiger partial charge is 0.326 e. The van der Waals surface area contributed by atoms with Crippen molar-refractivity contribution in [3.05, 3.63) is 28.2 Å². The number of carbonyl (C=O) groups excluding carboxylic acids is 2. The van der Waals surface area contributed by atoms with Gasteiger partial charge in [-0.15, -0.1) is 0 Å². The molecular weight excluding hydrogens is 341 g/mol. The number of benzene rings is 1. The number of urea groups is 1. The maximum absolute atomic E-state index is 11.9. The second-order valence-corrected chi connectivity index (χ2v) is 7.01. The predicted molar refractivity (Wildman–Crippen MR) is 79.0 cm³/mol. The van der Waals surface area contributed by atoms with Gasteiger partial charge in [0.05, 0.1) is 21.5 Å². The number of imide groups is 1. The van der Waals surface area contributed by atoms with Gasteiger partial charge in [0, 0.05) is 0 Å². The number of halogens is 2. The molecule has 1 aliphatic rings. The lowest BCUT2D eigenvalue weighted by Gasteiger charge is -2.10. The molecule has 114 valence electrons. The van der Waals surface area contributed by atoms with Crippen LogP contribution in [0.2, 0.25) is 10.0 Å². The summed E-state index contributed by atoms with van der Waals surface area (Å²) in [4.78, 5) is 22.2. The molecule has 21 heavy (non-hydrogen) atoms. The second-order valence-electron chi connectivity index (χ2n) is 4.35. The molecule has 3 amide bonds. The second kappa shape index (κ2) is 6.08. The zero-order chi connectivity index (χ0) is 15.6. The number of anilines is 1. The van der Waals surface area contributed by atoms with E-state index in [-0.39, 0.29) is 22.9 Å². The van der Waals surface area contributed by atoms with E-state index in [0.717, 1.165) is 0 Å². The van der Waals surface area contributed by atoms with Gasteiger partial charge < -0.3 is 5.32 Å². The topological polar surface area (TPSA) is 104 Å². The first-order chi connectivity index (χ1) is 9.77. The summed E-state index contributed by atoms with van der Waals surface area (Å²) in [7, 11) is -3.68. The summed E-state index contributed by atoms with van der Waals surface area (Å²) >= 11 is 11.5. The van der Waals surface area contributed by atoms with Crippen LogP contribution in [0.5, 0.6) is 0 Å². The van der Waals surface area contributed by atoms with Gasteiger partial charge in [0.15, 0.2) is 0 Å². The van der Waals surface area contributed by atoms with Crippen LogP contribution in [0.4, 0.5) is 10.5 Å². The maximum Gasteiger partial charge on any atom is 0.322 e. The Labute approximate surface area is 131 Å². The highest BCUT2D eigenvalue weighted by Crippen LogP contribution is 2.25. The van der Waals surface area contributed by atoms with E-state index < -0.39 is 28.0 Å². The number of carbonyl (C=O) groups is 2. The summed E-state index contributed by atoms with van der Waals surface area (Å²) in [5, 5.41) is 4.89. The number of hydrogen-bond acceptors (Lipinski definition) is 4. The molecule has 2 rings (SSSR count). The molecule has 7 nitrogen and oxygen atoms in total. The Morgan fingerprint density at radius 1 is 1.19 bits per heavy atom. The van der Waals surface area contributed by atoms with E-state index in [2.05, 4.69) is 10.0 Å². The standard InChI is InChI=1S/C11H11Cl2N3O4S/c12-7-2-1-6(5-8(7)13)16-21(19,20)4-3-9-10(17)15-11(18)14-9/h1-2,5,9,16H,3-4H2,(H2,14,15,17,18). The number of hydrogen-bond donors (Lipinski definition) is 3. The average molecular weight is 352 g/mol. The summed E-state index contributed by atoms with van der Waals surface area (Å²) < 4.78 is 26.1. The van der Waals surface area contributed by atoms with Crippen molar-refractivity contribution in [3.63, 3.8) is 0 Å². The van der Waals surface area contributed by atoms with Crippen LogP contribution in [-0.4, -0.2) is 32.2 Å². The van der Waals surface area contributed by atoms with Crippen LogP contribution >= 0.6 is 23.2 Å². The van der Waals surface area contributed by atoms with Gasteiger partial charge in [-0.3, -0.25) is 14.8 Å². The molecular formula is C11H11Cl2N3O4S. The Balaban J connectivity index is 1.97. The first-order valence-corrected chi connectivity index (χ1v) is 8.24. The van der Waals surface area contributed by atoms with Gasteiger partial charge in [0.25, 0.3) is 5.91 Å². The smallest absolute Gasteiger partial charge is 0.322 e. The monoisotopic (exact) mass is 351 g/mol. The molecule has 1 aromatic rings. The van der Waals surface area contributed by atoms with Gasteiger partial charge in [-0.1, -0.05) is 23.2 Å². The number of nitrogens with one attached hydrogen (secondary N) is 3. The van der Waals surface area contributed by atoms with Crippen molar-refractivity contribution in [2.24, 2.45) is 0 Å². The normalized spacial score (nSPS) is 18.3. The van der Waals surface area contributed by atoms with E-state index >= 15 is 0 Å². The zero-order valence-corrected chi connectivity index (χ0v) is 12.8. The lowest BCUT2D eigenvalue weighted by molar-refractivity contribution is -0.120. The highest BCUT2D eigenvalue weighted by molar-refractivity contribution is 7.92. The zero-order valence-electron chi connectivity index (χ0n) is 10.5. The Morgan fingerprint density at radius 3 is 2.48 bits per heavy atom. The minimum absolute atomic E-state index is 0.0335. The van der Waals surface area contributed by atoms with E-state index in [4.69, 9.17) is 23.2 Å². The van der Waals surface area contributed by atoms with Crippen LogP contribution < -0.4 is 15.4 Å². The molecule has 0 bridgehead atoms. The fourth-order valence-electron chi connectivity index (χ4n) is 1.73. The van der Waals surface area contributed by atoms with Gasteiger partial charge >= 0.3 is 6.03 Å². The molecule has 1 unspecified atom stereocenters. The van der Waals surface area contributed by atoms with Gasteiger partial charge in [-0.25, -0.2) is 13.2 Å². The molecule has 1 fully saturated rings. The van der Waals surface area contributed by atoms with Crippen LogP contribution in [0.25, 0.3) is 0 Å². The number of amides is 3. The molecule has 0 spiro atoms. The van der Waals surface area contributed by atoms with Crippen molar-refractivity contribution in [3.8, 4) is 0 Å². The van der Waals surface area contributed by atoms with Gasteiger partial charge in [0.2, 0.25) is 10.0 Å². The van der Waals surface area contributed by atoms with Crippen LogP contribution in [0.1, 0.15) is 6.42 Å². The third kappa shape index (κ3) is 4.23. The molecule has 0 aromatic heterocycles. The molecule has 0 saturated carbocycles. The Morgan fingerprint density at radius 2 is 1.90 bits per heavy atom. The van der Waals surface area contributed by atoms with Crippen LogP contribution in [-0.2, 0) is 14.8 Å². The predicted octanol–water partition coefficient (Wildman–Crippen LogP) is 1.33. The summed E-state index contributed by atoms with van der Waals surface area (Å²) in [5.41, 5.74) is 0.268. The highest BCUT2D eigenvalue weighted by atomic mass is 35.5. The van der Waals surface area contributed by atoms with Crippen LogP contribution in [0, 0.1) is 0 Å². The number of rotatable bonds is 5. The van der Waals surface area contributed by atoms with E-state index in [1.165, 1.54) is 18.2 Å². The quantitative estimate of drug-likeness (QED) is 0.696. The lowest BCUT2D eigenvalue weighted by Crippen LogP contribution is -2.32. The molecule has 1 heterocycles. The molecule has 1 aliphatic heterocycles. The Bertz CT molecular complexity index is 693. The summed E-state index contributed by atoms with van der Waals surface area (Å²) in [6.07, 6.45) is -0.0335. The maximum atomic E-state index is 11.9. The van der Waals surface area contributed by atoms with Gasteiger partial charge in [-0.2, -0.15) is 0 Å². The third-order valence-electron chi connectivity index (χ3n) is 2.73. The summed E-state index contributed by atoms with van der Waals surface area (Å²) in [5.74, 6) is -0.865. The highest BCUT2D eigenvalue weighted by Gasteiger charge is 2.30. The average Bonchev–Trinajstić information content (AvgIpc) is 2.70. The minimum atomic E-state index is -3.68. The molecule has 1 aromatic carbocycles. The number of sulfonamides is 1. The first kappa shape index (κ1) is 15.9. The SMILES string of the molecule is O=C1NC(=O)C(CCS(=O)(=O)Nc2ccc(Cl)c(Cl)c2)N1. The van der Waals surface area contributed by atoms with Crippen molar-refractivity contribution in [2.75, 3.05) is 10.5 Å². The van der Waals surface area contributed by atoms with Crippen LogP contribution in [0.15, 0.2) is 18.2 Å². The fourth-order valence-corrected chi connectivity index (χ4v) is 3.16. The Kier molecular flexibility index (Phi) is 4.60. The van der Waals surface area contributed by atoms with E-state index in [0.29, 0.717) is 5.02 Å². The van der Waals surface area contributed by atoms with E-state index in [1.807, 2.05) is 5.32 Å². The van der Waals surface area contributed by atoms with Crippen molar-refractivity contribution in [1.82, 2.24) is 10.6 Å². The van der Waals surface area contributed by atoms with Crippen LogP contribution in [0.3, 0.4) is 0 Å². The first-order valence-electron chi connectivity index (χ1n) is 5.84. The molecule has 0 radical (unpaired) electrons. The van der Waals surface area contributed by atoms with Crippen molar-refractivity contribution in [1.29, 1.82) is 0 Å². The van der Waals surface area contributed by atoms with Gasteiger partial charge in [0.1, 0.15) is 6.04 Å². The third-order valence-corrected chi connectivity index (χ3v) is 4.79. The molecule has 3 N–H and O–H groups in total. The Hall–Kier alpha value is -1.51. The molecule has 1 atom stereocenters. The summed E-state index contributed by atoms with van der Waals surface area (Å²) in [6.45, 7) is 0.